The summed E-state index contributed by atoms with van der Waals surface area (Å²) in [6, 6.07) is 2.63. The van der Waals surface area contributed by atoms with Gasteiger partial charge in [-0.05, 0) is 18.2 Å². The minimum Gasteiger partial charge on any atom is -0.496 e. The second-order valence-electron chi connectivity index (χ2n) is 4.27. The summed E-state index contributed by atoms with van der Waals surface area (Å²) in [5.41, 5.74) is -1.13. The van der Waals surface area contributed by atoms with E-state index in [1.807, 2.05) is 0 Å². The summed E-state index contributed by atoms with van der Waals surface area (Å²) in [4.78, 5) is 10.8. The fourth-order valence-electron chi connectivity index (χ4n) is 1.64. The summed E-state index contributed by atoms with van der Waals surface area (Å²) in [6.07, 6.45) is -7.55. The molecule has 1 aromatic carbocycles. The highest BCUT2D eigenvalue weighted by Crippen LogP contribution is 2.36. The van der Waals surface area contributed by atoms with Crippen LogP contribution in [0.4, 0.5) is 13.2 Å². The Morgan fingerprint density at radius 3 is 2.48 bits per heavy atom. The summed E-state index contributed by atoms with van der Waals surface area (Å²) in [5.74, 6) is -0.0991. The van der Waals surface area contributed by atoms with E-state index in [4.69, 9.17) is 4.74 Å². The van der Waals surface area contributed by atoms with E-state index in [9.17, 15) is 28.2 Å². The molecule has 0 fully saturated rings. The highest BCUT2D eigenvalue weighted by Gasteiger charge is 2.33. The van der Waals surface area contributed by atoms with Crippen LogP contribution >= 0.6 is 11.8 Å². The SMILES string of the molecule is COc1ccc(C(F)(F)F)cc1C(O)C(O)CSC(C)=O. The molecule has 8 heteroatoms. The molecule has 2 atom stereocenters. The number of hydrogen-bond donors (Lipinski definition) is 2. The van der Waals surface area contributed by atoms with Crippen molar-refractivity contribution in [3.05, 3.63) is 29.3 Å². The molecule has 118 valence electrons. The van der Waals surface area contributed by atoms with E-state index >= 15 is 0 Å². The molecule has 0 bridgehead atoms. The first-order valence-electron chi connectivity index (χ1n) is 5.91. The molecule has 0 radical (unpaired) electrons. The number of alkyl halides is 3. The number of ether oxygens (including phenoxy) is 1. The molecule has 4 nitrogen and oxygen atoms in total. The maximum Gasteiger partial charge on any atom is 0.416 e. The van der Waals surface area contributed by atoms with Crippen molar-refractivity contribution in [1.82, 2.24) is 0 Å². The van der Waals surface area contributed by atoms with Gasteiger partial charge in [0.15, 0.2) is 5.12 Å². The van der Waals surface area contributed by atoms with Gasteiger partial charge in [0, 0.05) is 18.2 Å². The van der Waals surface area contributed by atoms with E-state index in [0.29, 0.717) is 0 Å². The number of hydrogen-bond acceptors (Lipinski definition) is 5. The van der Waals surface area contributed by atoms with Gasteiger partial charge >= 0.3 is 6.18 Å². The normalized spacial score (nSPS) is 14.6. The number of aliphatic hydroxyl groups is 2. The first kappa shape index (κ1) is 17.8. The lowest BCUT2D eigenvalue weighted by molar-refractivity contribution is -0.137. The Morgan fingerprint density at radius 1 is 1.38 bits per heavy atom. The van der Waals surface area contributed by atoms with E-state index in [1.165, 1.54) is 14.0 Å². The maximum absolute atomic E-state index is 12.7. The number of carbonyl (C=O) groups is 1. The van der Waals surface area contributed by atoms with Crippen LogP contribution in [0, 0.1) is 0 Å². The van der Waals surface area contributed by atoms with Crippen molar-refractivity contribution in [3.63, 3.8) is 0 Å². The van der Waals surface area contributed by atoms with Crippen LogP contribution in [-0.4, -0.2) is 34.3 Å². The van der Waals surface area contributed by atoms with Crippen molar-refractivity contribution >= 4 is 16.9 Å². The van der Waals surface area contributed by atoms with Crippen LogP contribution in [0.1, 0.15) is 24.2 Å². The van der Waals surface area contributed by atoms with E-state index < -0.39 is 23.9 Å². The Hall–Kier alpha value is -1.25. The van der Waals surface area contributed by atoms with Gasteiger partial charge in [-0.3, -0.25) is 4.79 Å². The Kier molecular flexibility index (Phi) is 6.06. The molecular weight excluding hydrogens is 309 g/mol. The van der Waals surface area contributed by atoms with Crippen molar-refractivity contribution in [3.8, 4) is 5.75 Å². The summed E-state index contributed by atoms with van der Waals surface area (Å²) in [6.45, 7) is 1.29. The van der Waals surface area contributed by atoms with Crippen LogP contribution in [0.2, 0.25) is 0 Å². The van der Waals surface area contributed by atoms with Gasteiger partial charge in [-0.25, -0.2) is 0 Å². The first-order valence-corrected chi connectivity index (χ1v) is 6.90. The van der Waals surface area contributed by atoms with Gasteiger partial charge in [-0.2, -0.15) is 13.2 Å². The van der Waals surface area contributed by atoms with E-state index in [0.717, 1.165) is 30.0 Å². The zero-order valence-electron chi connectivity index (χ0n) is 11.3. The summed E-state index contributed by atoms with van der Waals surface area (Å²) < 4.78 is 43.0. The molecule has 0 aliphatic rings. The second kappa shape index (κ2) is 7.15. The molecule has 2 N–H and O–H groups in total. The average Bonchev–Trinajstić information content (AvgIpc) is 2.42. The lowest BCUT2D eigenvalue weighted by atomic mass is 10.0. The lowest BCUT2D eigenvalue weighted by Gasteiger charge is -2.21. The maximum atomic E-state index is 12.7. The number of aliphatic hydroxyl groups excluding tert-OH is 2. The van der Waals surface area contributed by atoms with Gasteiger partial charge in [-0.1, -0.05) is 11.8 Å². The van der Waals surface area contributed by atoms with E-state index in [1.54, 1.807) is 0 Å². The molecule has 1 rings (SSSR count). The van der Waals surface area contributed by atoms with Gasteiger partial charge in [0.1, 0.15) is 11.9 Å². The molecule has 0 spiro atoms. The molecule has 0 heterocycles. The molecule has 2 unspecified atom stereocenters. The lowest BCUT2D eigenvalue weighted by Crippen LogP contribution is -2.22. The summed E-state index contributed by atoms with van der Waals surface area (Å²) in [7, 11) is 1.25. The van der Waals surface area contributed by atoms with Gasteiger partial charge in [0.25, 0.3) is 0 Å². The molecule has 0 saturated carbocycles. The third-order valence-corrected chi connectivity index (χ3v) is 3.61. The standard InChI is InChI=1S/C13H15F3O4S/c1-7(17)21-6-10(18)12(19)9-5-8(13(14,15)16)3-4-11(9)20-2/h3-5,10,12,18-19H,6H2,1-2H3. The Labute approximate surface area is 123 Å². The molecule has 21 heavy (non-hydrogen) atoms. The second-order valence-corrected chi connectivity index (χ2v) is 5.47. The Bertz CT molecular complexity index is 505. The van der Waals surface area contributed by atoms with Crippen LogP contribution in [0.5, 0.6) is 5.75 Å². The van der Waals surface area contributed by atoms with E-state index in [2.05, 4.69) is 0 Å². The third-order valence-electron chi connectivity index (χ3n) is 2.70. The van der Waals surface area contributed by atoms with Gasteiger partial charge in [-0.15, -0.1) is 0 Å². The summed E-state index contributed by atoms with van der Waals surface area (Å²) >= 11 is 0.774. The van der Waals surface area contributed by atoms with Crippen molar-refractivity contribution in [1.29, 1.82) is 0 Å². The van der Waals surface area contributed by atoms with Crippen molar-refractivity contribution in [2.24, 2.45) is 0 Å². The topological polar surface area (TPSA) is 66.8 Å². The molecule has 0 saturated heterocycles. The van der Waals surface area contributed by atoms with Crippen LogP contribution in [0.3, 0.4) is 0 Å². The van der Waals surface area contributed by atoms with Crippen LogP contribution in [-0.2, 0) is 11.0 Å². The van der Waals surface area contributed by atoms with Crippen LogP contribution < -0.4 is 4.74 Å². The van der Waals surface area contributed by atoms with Crippen molar-refractivity contribution < 1.29 is 32.9 Å². The molecular formula is C13H15F3O4S. The van der Waals surface area contributed by atoms with Gasteiger partial charge in [0.05, 0.1) is 18.8 Å². The highest BCUT2D eigenvalue weighted by atomic mass is 32.2. The molecule has 0 aliphatic carbocycles. The fraction of sp³-hybridized carbons (Fsp3) is 0.462. The number of halogens is 3. The predicted molar refractivity (Wildman–Crippen MR) is 72.1 cm³/mol. The van der Waals surface area contributed by atoms with Crippen LogP contribution in [0.25, 0.3) is 0 Å². The molecule has 0 aliphatic heterocycles. The monoisotopic (exact) mass is 324 g/mol. The zero-order valence-corrected chi connectivity index (χ0v) is 12.2. The molecule has 0 aromatic heterocycles. The number of methoxy groups -OCH3 is 1. The number of benzene rings is 1. The Morgan fingerprint density at radius 2 is 2.00 bits per heavy atom. The number of thioether (sulfide) groups is 1. The minimum absolute atomic E-state index is 0.0300. The van der Waals surface area contributed by atoms with Crippen molar-refractivity contribution in [2.75, 3.05) is 12.9 Å². The molecule has 1 aromatic rings. The van der Waals surface area contributed by atoms with Crippen LogP contribution in [0.15, 0.2) is 18.2 Å². The fourth-order valence-corrected chi connectivity index (χ4v) is 2.23. The first-order chi connectivity index (χ1) is 9.66. The Balaban J connectivity index is 3.05. The predicted octanol–water partition coefficient (Wildman–Crippen LogP) is 2.39. The summed E-state index contributed by atoms with van der Waals surface area (Å²) in [5, 5.41) is 19.5. The third kappa shape index (κ3) is 4.90. The number of carbonyl (C=O) groups excluding carboxylic acids is 1. The smallest absolute Gasteiger partial charge is 0.416 e. The van der Waals surface area contributed by atoms with E-state index in [-0.39, 0.29) is 22.2 Å². The number of rotatable bonds is 5. The quantitative estimate of drug-likeness (QED) is 0.870. The molecule has 0 amide bonds. The van der Waals surface area contributed by atoms with Gasteiger partial charge < -0.3 is 14.9 Å². The van der Waals surface area contributed by atoms with Gasteiger partial charge in [0.2, 0.25) is 0 Å². The largest absolute Gasteiger partial charge is 0.496 e. The zero-order chi connectivity index (χ0) is 16.2. The average molecular weight is 324 g/mol. The highest BCUT2D eigenvalue weighted by molar-refractivity contribution is 8.13. The van der Waals surface area contributed by atoms with Crippen molar-refractivity contribution in [2.45, 2.75) is 25.3 Å². The minimum atomic E-state index is -4.57.